The van der Waals surface area contributed by atoms with E-state index < -0.39 is 0 Å². The Balaban J connectivity index is 1.62. The first kappa shape index (κ1) is 14.3. The van der Waals surface area contributed by atoms with Crippen LogP contribution in [0.4, 0.5) is 0 Å². The van der Waals surface area contributed by atoms with Gasteiger partial charge in [0.1, 0.15) is 0 Å². The van der Waals surface area contributed by atoms with Crippen molar-refractivity contribution in [2.45, 2.75) is 25.8 Å². The molecule has 0 bridgehead atoms. The minimum atomic E-state index is -0.0500. The highest BCUT2D eigenvalue weighted by Crippen LogP contribution is 2.51. The van der Waals surface area contributed by atoms with E-state index in [1.54, 1.807) is 0 Å². The highest BCUT2D eigenvalue weighted by Gasteiger charge is 2.49. The monoisotopic (exact) mass is 284 g/mol. The van der Waals surface area contributed by atoms with Gasteiger partial charge in [-0.05, 0) is 35.8 Å². The first-order valence-electron chi connectivity index (χ1n) is 7.88. The van der Waals surface area contributed by atoms with Crippen LogP contribution in [0.15, 0.2) is 43.0 Å². The zero-order valence-electron chi connectivity index (χ0n) is 12.6. The summed E-state index contributed by atoms with van der Waals surface area (Å²) in [4.78, 5) is 14.0. The van der Waals surface area contributed by atoms with E-state index in [0.29, 0.717) is 11.3 Å². The van der Waals surface area contributed by atoms with Gasteiger partial charge in [0.2, 0.25) is 5.91 Å². The van der Waals surface area contributed by atoms with E-state index in [9.17, 15) is 4.79 Å². The molecule has 3 nitrogen and oxygen atoms in total. The third-order valence-electron chi connectivity index (χ3n) is 5.19. The SMILES string of the molecule is C=CC(=O)NCC1CN(Cc2ccccc2)CC12CCC2. The minimum absolute atomic E-state index is 0.0500. The lowest BCUT2D eigenvalue weighted by Crippen LogP contribution is -2.42. The highest BCUT2D eigenvalue weighted by molar-refractivity contribution is 5.86. The molecular formula is C18H24N2O. The lowest BCUT2D eigenvalue weighted by molar-refractivity contribution is -0.116. The Morgan fingerprint density at radius 3 is 2.76 bits per heavy atom. The van der Waals surface area contributed by atoms with Crippen LogP contribution in [0.25, 0.3) is 0 Å². The smallest absolute Gasteiger partial charge is 0.243 e. The summed E-state index contributed by atoms with van der Waals surface area (Å²) in [6.45, 7) is 7.60. The van der Waals surface area contributed by atoms with E-state index >= 15 is 0 Å². The average Bonchev–Trinajstić information content (AvgIpc) is 2.84. The maximum absolute atomic E-state index is 11.4. The summed E-state index contributed by atoms with van der Waals surface area (Å²) in [5.74, 6) is 0.532. The molecule has 1 aromatic carbocycles. The van der Waals surface area contributed by atoms with Gasteiger partial charge in [0, 0.05) is 26.2 Å². The van der Waals surface area contributed by atoms with Crippen molar-refractivity contribution in [2.24, 2.45) is 11.3 Å². The predicted molar refractivity (Wildman–Crippen MR) is 84.7 cm³/mol. The Labute approximate surface area is 127 Å². The summed E-state index contributed by atoms with van der Waals surface area (Å²) >= 11 is 0. The molecule has 1 aliphatic carbocycles. The Kier molecular flexibility index (Phi) is 4.11. The molecule has 1 aromatic rings. The van der Waals surface area contributed by atoms with Crippen molar-refractivity contribution < 1.29 is 4.79 Å². The summed E-state index contributed by atoms with van der Waals surface area (Å²) in [6.07, 6.45) is 5.33. The minimum Gasteiger partial charge on any atom is -0.352 e. The van der Waals surface area contributed by atoms with Crippen LogP contribution in [-0.2, 0) is 11.3 Å². The lowest BCUT2D eigenvalue weighted by atomic mass is 9.63. The van der Waals surface area contributed by atoms with E-state index in [4.69, 9.17) is 0 Å². The molecule has 1 N–H and O–H groups in total. The van der Waals surface area contributed by atoms with Crippen LogP contribution in [0.1, 0.15) is 24.8 Å². The number of amides is 1. The van der Waals surface area contributed by atoms with E-state index in [0.717, 1.165) is 19.6 Å². The van der Waals surface area contributed by atoms with Crippen LogP contribution in [0.5, 0.6) is 0 Å². The molecule has 1 saturated heterocycles. The molecule has 0 aromatic heterocycles. The fourth-order valence-electron chi connectivity index (χ4n) is 3.88. The molecule has 1 heterocycles. The Bertz CT molecular complexity index is 507. The van der Waals surface area contributed by atoms with Gasteiger partial charge in [-0.15, -0.1) is 0 Å². The Hall–Kier alpha value is -1.61. The summed E-state index contributed by atoms with van der Waals surface area (Å²) < 4.78 is 0. The molecule has 0 radical (unpaired) electrons. The number of benzene rings is 1. The third-order valence-corrected chi connectivity index (χ3v) is 5.19. The molecule has 2 fully saturated rings. The van der Waals surface area contributed by atoms with Gasteiger partial charge >= 0.3 is 0 Å². The third kappa shape index (κ3) is 3.03. The summed E-state index contributed by atoms with van der Waals surface area (Å²) in [5, 5.41) is 3.00. The second-order valence-electron chi connectivity index (χ2n) is 6.52. The number of nitrogens with one attached hydrogen (secondary N) is 1. The molecule has 2 aliphatic rings. The van der Waals surface area contributed by atoms with Gasteiger partial charge < -0.3 is 5.32 Å². The van der Waals surface area contributed by atoms with E-state index in [-0.39, 0.29) is 5.91 Å². The van der Waals surface area contributed by atoms with E-state index in [1.165, 1.54) is 37.4 Å². The molecule has 1 amide bonds. The molecule has 21 heavy (non-hydrogen) atoms. The van der Waals surface area contributed by atoms with Crippen molar-refractivity contribution >= 4 is 5.91 Å². The zero-order valence-corrected chi connectivity index (χ0v) is 12.6. The summed E-state index contributed by atoms with van der Waals surface area (Å²) in [5.41, 5.74) is 1.83. The maximum Gasteiger partial charge on any atom is 0.243 e. The quantitative estimate of drug-likeness (QED) is 0.843. The van der Waals surface area contributed by atoms with Gasteiger partial charge in [-0.3, -0.25) is 9.69 Å². The van der Waals surface area contributed by atoms with Gasteiger partial charge in [0.25, 0.3) is 0 Å². The largest absolute Gasteiger partial charge is 0.352 e. The number of likely N-dealkylation sites (tertiary alicyclic amines) is 1. The van der Waals surface area contributed by atoms with Gasteiger partial charge in [0.15, 0.2) is 0 Å². The van der Waals surface area contributed by atoms with Crippen molar-refractivity contribution in [1.29, 1.82) is 0 Å². The van der Waals surface area contributed by atoms with Crippen molar-refractivity contribution in [2.75, 3.05) is 19.6 Å². The average molecular weight is 284 g/mol. The van der Waals surface area contributed by atoms with E-state index in [2.05, 4.69) is 47.1 Å². The van der Waals surface area contributed by atoms with Gasteiger partial charge in [-0.1, -0.05) is 43.3 Å². The number of nitrogens with zero attached hydrogens (tertiary/aromatic N) is 1. The maximum atomic E-state index is 11.4. The summed E-state index contributed by atoms with van der Waals surface area (Å²) in [7, 11) is 0. The topological polar surface area (TPSA) is 32.3 Å². The molecule has 1 saturated carbocycles. The number of hydrogen-bond donors (Lipinski definition) is 1. The van der Waals surface area contributed by atoms with Crippen molar-refractivity contribution in [3.05, 3.63) is 48.6 Å². The molecule has 3 heteroatoms. The van der Waals surface area contributed by atoms with Crippen LogP contribution < -0.4 is 5.32 Å². The van der Waals surface area contributed by atoms with Crippen LogP contribution in [0.3, 0.4) is 0 Å². The molecular weight excluding hydrogens is 260 g/mol. The van der Waals surface area contributed by atoms with Crippen LogP contribution in [0.2, 0.25) is 0 Å². The molecule has 3 rings (SSSR count). The van der Waals surface area contributed by atoms with Crippen molar-refractivity contribution in [3.8, 4) is 0 Å². The number of carbonyl (C=O) groups is 1. The van der Waals surface area contributed by atoms with Gasteiger partial charge in [-0.2, -0.15) is 0 Å². The van der Waals surface area contributed by atoms with Crippen LogP contribution in [0, 0.1) is 11.3 Å². The first-order valence-corrected chi connectivity index (χ1v) is 7.88. The van der Waals surface area contributed by atoms with Crippen LogP contribution in [-0.4, -0.2) is 30.4 Å². The molecule has 1 atom stereocenters. The number of hydrogen-bond acceptors (Lipinski definition) is 2. The fraction of sp³-hybridized carbons (Fsp3) is 0.500. The lowest BCUT2D eigenvalue weighted by Gasteiger charge is -2.43. The second kappa shape index (κ2) is 6.02. The first-order chi connectivity index (χ1) is 10.2. The molecule has 1 unspecified atom stereocenters. The molecule has 1 spiro atoms. The van der Waals surface area contributed by atoms with Crippen molar-refractivity contribution in [1.82, 2.24) is 10.2 Å². The summed E-state index contributed by atoms with van der Waals surface area (Å²) in [6, 6.07) is 10.7. The number of carbonyl (C=O) groups excluding carboxylic acids is 1. The van der Waals surface area contributed by atoms with Crippen molar-refractivity contribution in [3.63, 3.8) is 0 Å². The standard InChI is InChI=1S/C18H24N2O/c1-2-17(21)19-11-16-13-20(14-18(16)9-6-10-18)12-15-7-4-3-5-8-15/h2-5,7-8,16H,1,6,9-14H2,(H,19,21). The predicted octanol–water partition coefficient (Wildman–Crippen LogP) is 2.59. The Morgan fingerprint density at radius 1 is 1.38 bits per heavy atom. The fourth-order valence-corrected chi connectivity index (χ4v) is 3.88. The van der Waals surface area contributed by atoms with E-state index in [1.807, 2.05) is 0 Å². The number of rotatable bonds is 5. The van der Waals surface area contributed by atoms with Gasteiger partial charge in [0.05, 0.1) is 0 Å². The molecule has 112 valence electrons. The molecule has 1 aliphatic heterocycles. The normalized spacial score (nSPS) is 23.7. The zero-order chi connectivity index (χ0) is 14.7. The Morgan fingerprint density at radius 2 is 2.14 bits per heavy atom. The second-order valence-corrected chi connectivity index (χ2v) is 6.52. The highest BCUT2D eigenvalue weighted by atomic mass is 16.1. The van der Waals surface area contributed by atoms with Gasteiger partial charge in [-0.25, -0.2) is 0 Å². The van der Waals surface area contributed by atoms with Crippen LogP contribution >= 0.6 is 0 Å².